The third-order valence-electron chi connectivity index (χ3n) is 5.44. The first-order valence-electron chi connectivity index (χ1n) is 10.9. The molecule has 1 aliphatic heterocycles. The van der Waals surface area contributed by atoms with Gasteiger partial charge in [0.2, 0.25) is 5.95 Å². The zero-order valence-electron chi connectivity index (χ0n) is 19.5. The van der Waals surface area contributed by atoms with E-state index in [0.29, 0.717) is 46.4 Å². The lowest BCUT2D eigenvalue weighted by Crippen LogP contribution is -2.30. The number of hydrogen-bond acceptors (Lipinski definition) is 8. The van der Waals surface area contributed by atoms with E-state index in [1.165, 1.54) is 5.56 Å². The lowest BCUT2D eigenvalue weighted by molar-refractivity contribution is -0.139. The molecule has 10 heteroatoms. The van der Waals surface area contributed by atoms with Gasteiger partial charge in [0, 0.05) is 5.70 Å². The first-order valence-corrected chi connectivity index (χ1v) is 11.7. The number of carbonyl (C=O) groups excluding carboxylic acids is 1. The summed E-state index contributed by atoms with van der Waals surface area (Å²) in [6.07, 6.45) is 0.721. The van der Waals surface area contributed by atoms with Crippen molar-refractivity contribution in [2.24, 2.45) is 0 Å². The third kappa shape index (κ3) is 4.77. The number of benzene rings is 2. The van der Waals surface area contributed by atoms with E-state index in [0.717, 1.165) is 17.5 Å². The van der Waals surface area contributed by atoms with Gasteiger partial charge in [-0.1, -0.05) is 41.9 Å². The second-order valence-electron chi connectivity index (χ2n) is 7.96. The van der Waals surface area contributed by atoms with Crippen LogP contribution in [-0.4, -0.2) is 39.9 Å². The predicted octanol–water partition coefficient (Wildman–Crippen LogP) is 4.57. The smallest absolute Gasteiger partial charge is 0.338 e. The SMILES string of the molecule is CCCOC(=O)C1=C(C)Nc2nnnn2C1c1cc(Br)c(OCc2ccc(C)cc2)c(OC)c1. The van der Waals surface area contributed by atoms with Gasteiger partial charge >= 0.3 is 5.97 Å². The summed E-state index contributed by atoms with van der Waals surface area (Å²) < 4.78 is 19.5. The van der Waals surface area contributed by atoms with Crippen LogP contribution in [-0.2, 0) is 16.1 Å². The Morgan fingerprint density at radius 1 is 1.21 bits per heavy atom. The van der Waals surface area contributed by atoms with Crippen LogP contribution in [0.4, 0.5) is 5.95 Å². The highest BCUT2D eigenvalue weighted by molar-refractivity contribution is 9.10. The number of rotatable bonds is 8. The van der Waals surface area contributed by atoms with Crippen molar-refractivity contribution in [1.82, 2.24) is 20.2 Å². The largest absolute Gasteiger partial charge is 0.493 e. The third-order valence-corrected chi connectivity index (χ3v) is 6.03. The van der Waals surface area contributed by atoms with E-state index in [1.54, 1.807) is 18.7 Å². The van der Waals surface area contributed by atoms with E-state index < -0.39 is 12.0 Å². The Morgan fingerprint density at radius 2 is 1.97 bits per heavy atom. The Bertz CT molecular complexity index is 1220. The highest BCUT2D eigenvalue weighted by Gasteiger charge is 2.36. The van der Waals surface area contributed by atoms with Gasteiger partial charge in [-0.05, 0) is 69.9 Å². The van der Waals surface area contributed by atoms with Crippen molar-refractivity contribution < 1.29 is 19.0 Å². The lowest BCUT2D eigenvalue weighted by atomic mass is 9.95. The normalized spacial score (nSPS) is 14.9. The standard InChI is InChI=1S/C24H26BrN5O4/c1-5-10-33-23(31)20-15(3)26-24-27-28-29-30(24)21(20)17-11-18(25)22(19(12-17)32-4)34-13-16-8-6-14(2)7-9-16/h6-9,11-12,21H,5,10,13H2,1-4H3,(H,26,27,29). The molecule has 178 valence electrons. The monoisotopic (exact) mass is 527 g/mol. The molecule has 0 saturated heterocycles. The highest BCUT2D eigenvalue weighted by Crippen LogP contribution is 2.42. The summed E-state index contributed by atoms with van der Waals surface area (Å²) in [7, 11) is 1.58. The van der Waals surface area contributed by atoms with Crippen LogP contribution in [0, 0.1) is 6.92 Å². The summed E-state index contributed by atoms with van der Waals surface area (Å²) in [5.41, 5.74) is 4.02. The number of carbonyl (C=O) groups is 1. The molecule has 4 rings (SSSR count). The molecule has 0 bridgehead atoms. The first-order chi connectivity index (χ1) is 16.4. The van der Waals surface area contributed by atoms with Crippen LogP contribution in [0.3, 0.4) is 0 Å². The van der Waals surface area contributed by atoms with Crippen molar-refractivity contribution >= 4 is 27.8 Å². The average molecular weight is 528 g/mol. The zero-order chi connectivity index (χ0) is 24.2. The van der Waals surface area contributed by atoms with Crippen molar-refractivity contribution in [3.05, 3.63) is 68.8 Å². The van der Waals surface area contributed by atoms with Crippen molar-refractivity contribution in [1.29, 1.82) is 0 Å². The summed E-state index contributed by atoms with van der Waals surface area (Å²) in [5.74, 6) is 1.09. The molecular weight excluding hydrogens is 502 g/mol. The molecule has 0 radical (unpaired) electrons. The number of anilines is 1. The van der Waals surface area contributed by atoms with Crippen molar-refractivity contribution in [3.8, 4) is 11.5 Å². The summed E-state index contributed by atoms with van der Waals surface area (Å²) in [5, 5.41) is 15.0. The lowest BCUT2D eigenvalue weighted by Gasteiger charge is -2.28. The number of methoxy groups -OCH3 is 1. The molecule has 1 atom stereocenters. The van der Waals surface area contributed by atoms with Crippen molar-refractivity contribution in [2.75, 3.05) is 19.0 Å². The fourth-order valence-electron chi connectivity index (χ4n) is 3.73. The number of fused-ring (bicyclic) bond motifs is 1. The molecule has 1 aliphatic rings. The number of hydrogen-bond donors (Lipinski definition) is 1. The van der Waals surface area contributed by atoms with Gasteiger partial charge in [0.1, 0.15) is 12.6 Å². The van der Waals surface area contributed by atoms with Gasteiger partial charge in [-0.3, -0.25) is 0 Å². The van der Waals surface area contributed by atoms with Crippen molar-refractivity contribution in [2.45, 2.75) is 39.8 Å². The number of aryl methyl sites for hydroxylation is 1. The Kier molecular flexibility index (Phi) is 7.16. The van der Waals surface area contributed by atoms with E-state index >= 15 is 0 Å². The molecule has 2 heterocycles. The highest BCUT2D eigenvalue weighted by atomic mass is 79.9. The van der Waals surface area contributed by atoms with Crippen LogP contribution < -0.4 is 14.8 Å². The Hall–Kier alpha value is -3.40. The number of allylic oxidation sites excluding steroid dienone is 1. The second kappa shape index (κ2) is 10.3. The maximum Gasteiger partial charge on any atom is 0.338 e. The Balaban J connectivity index is 1.71. The van der Waals surface area contributed by atoms with E-state index in [1.807, 2.05) is 50.2 Å². The summed E-state index contributed by atoms with van der Waals surface area (Å²) >= 11 is 3.62. The summed E-state index contributed by atoms with van der Waals surface area (Å²) in [6.45, 7) is 6.50. The minimum atomic E-state index is -0.605. The molecule has 0 aliphatic carbocycles. The van der Waals surface area contributed by atoms with Crippen LogP contribution in [0.15, 0.2) is 52.1 Å². The number of halogens is 1. The van der Waals surface area contributed by atoms with Crippen LogP contribution in [0.5, 0.6) is 11.5 Å². The van der Waals surface area contributed by atoms with Gasteiger partial charge in [-0.2, -0.15) is 4.68 Å². The van der Waals surface area contributed by atoms with Crippen LogP contribution in [0.25, 0.3) is 0 Å². The molecule has 0 amide bonds. The number of esters is 1. The second-order valence-corrected chi connectivity index (χ2v) is 8.81. The topological polar surface area (TPSA) is 100 Å². The minimum absolute atomic E-state index is 0.323. The quantitative estimate of drug-likeness (QED) is 0.425. The maximum atomic E-state index is 13.0. The van der Waals surface area contributed by atoms with Gasteiger partial charge in [-0.15, -0.1) is 0 Å². The molecular formula is C24H26BrN5O4. The van der Waals surface area contributed by atoms with E-state index in [9.17, 15) is 4.79 Å². The molecule has 1 aromatic heterocycles. The zero-order valence-corrected chi connectivity index (χ0v) is 21.0. The molecule has 0 fully saturated rings. The molecule has 2 aromatic carbocycles. The van der Waals surface area contributed by atoms with Crippen LogP contribution >= 0.6 is 15.9 Å². The molecule has 1 unspecified atom stereocenters. The molecule has 1 N–H and O–H groups in total. The number of nitrogens with zero attached hydrogens (tertiary/aromatic N) is 4. The number of nitrogens with one attached hydrogen (secondary N) is 1. The molecule has 9 nitrogen and oxygen atoms in total. The number of aromatic nitrogens is 4. The predicted molar refractivity (Wildman–Crippen MR) is 130 cm³/mol. The van der Waals surface area contributed by atoms with E-state index in [-0.39, 0.29) is 0 Å². The molecule has 34 heavy (non-hydrogen) atoms. The first kappa shape index (κ1) is 23.7. The van der Waals surface area contributed by atoms with Gasteiger partial charge in [0.15, 0.2) is 11.5 Å². The Labute approximate surface area is 206 Å². The molecule has 0 saturated carbocycles. The number of tetrazole rings is 1. The van der Waals surface area contributed by atoms with Gasteiger partial charge in [0.25, 0.3) is 0 Å². The molecule has 0 spiro atoms. The fraction of sp³-hybridized carbons (Fsp3) is 0.333. The van der Waals surface area contributed by atoms with E-state index in [4.69, 9.17) is 14.2 Å². The average Bonchev–Trinajstić information content (AvgIpc) is 3.29. The fourth-order valence-corrected chi connectivity index (χ4v) is 4.31. The van der Waals surface area contributed by atoms with Crippen LogP contribution in [0.1, 0.15) is 43.0 Å². The van der Waals surface area contributed by atoms with Crippen LogP contribution in [0.2, 0.25) is 0 Å². The van der Waals surface area contributed by atoms with Gasteiger partial charge in [0.05, 0.1) is 23.8 Å². The molecule has 3 aromatic rings. The van der Waals surface area contributed by atoms with E-state index in [2.05, 4.69) is 36.8 Å². The maximum absolute atomic E-state index is 13.0. The Morgan fingerprint density at radius 3 is 2.68 bits per heavy atom. The van der Waals surface area contributed by atoms with Gasteiger partial charge < -0.3 is 19.5 Å². The van der Waals surface area contributed by atoms with Crippen molar-refractivity contribution in [3.63, 3.8) is 0 Å². The van der Waals surface area contributed by atoms with Gasteiger partial charge in [-0.25, -0.2) is 4.79 Å². The summed E-state index contributed by atoms with van der Waals surface area (Å²) in [6, 6.07) is 11.3. The number of ether oxygens (including phenoxy) is 3. The summed E-state index contributed by atoms with van der Waals surface area (Å²) in [4.78, 5) is 13.0. The minimum Gasteiger partial charge on any atom is -0.493 e.